The summed E-state index contributed by atoms with van der Waals surface area (Å²) in [6, 6.07) is 0. The Morgan fingerprint density at radius 3 is 2.31 bits per heavy atom. The first-order valence-corrected chi connectivity index (χ1v) is 4.42. The van der Waals surface area contributed by atoms with Crippen molar-refractivity contribution in [2.45, 2.75) is 27.2 Å². The monoisotopic (exact) mass is 185 g/mol. The molecule has 0 aromatic carbocycles. The first kappa shape index (κ1) is 10.2. The van der Waals surface area contributed by atoms with E-state index in [1.54, 1.807) is 20.8 Å². The highest BCUT2D eigenvalue weighted by Gasteiger charge is 2.33. The molecule has 0 N–H and O–H groups in total. The quantitative estimate of drug-likeness (QED) is 0.567. The van der Waals surface area contributed by atoms with Gasteiger partial charge in [-0.15, -0.1) is 0 Å². The Labute approximate surface area is 77.8 Å². The molecule has 0 unspecified atom stereocenters. The van der Waals surface area contributed by atoms with Gasteiger partial charge in [-0.05, 0) is 6.42 Å². The lowest BCUT2D eigenvalue weighted by molar-refractivity contribution is -0.175. The molecule has 13 heavy (non-hydrogen) atoms. The molecule has 0 atom stereocenters. The Bertz CT molecular complexity index is 224. The maximum absolute atomic E-state index is 11.5. The van der Waals surface area contributed by atoms with E-state index in [2.05, 4.69) is 0 Å². The first-order valence-electron chi connectivity index (χ1n) is 4.42. The molecule has 1 aliphatic heterocycles. The molecule has 0 aliphatic carbocycles. The minimum absolute atomic E-state index is 0.394. The molecule has 1 aliphatic rings. The number of carbonyl (C=O) groups is 2. The number of ketones is 1. The predicted octanol–water partition coefficient (Wildman–Crippen LogP) is 0.766. The van der Waals surface area contributed by atoms with Gasteiger partial charge in [0.2, 0.25) is 5.78 Å². The van der Waals surface area contributed by atoms with Crippen LogP contribution >= 0.6 is 0 Å². The summed E-state index contributed by atoms with van der Waals surface area (Å²) in [4.78, 5) is 27.9. The first-order chi connectivity index (χ1) is 5.93. The van der Waals surface area contributed by atoms with Crippen molar-refractivity contribution >= 4 is 11.7 Å². The van der Waals surface area contributed by atoms with Crippen molar-refractivity contribution in [1.29, 1.82) is 0 Å². The SMILES string of the molecule is CC(C)(C)C(=O)C(=O)N1CCCO1. The number of hydroxylamine groups is 2. The molecule has 1 rings (SSSR count). The van der Waals surface area contributed by atoms with E-state index < -0.39 is 17.1 Å². The molecular formula is C9H15NO3. The fourth-order valence-corrected chi connectivity index (χ4v) is 1.04. The average molecular weight is 185 g/mol. The van der Waals surface area contributed by atoms with Crippen LogP contribution in [0.5, 0.6) is 0 Å². The molecule has 4 nitrogen and oxygen atoms in total. The normalized spacial score (nSPS) is 17.6. The van der Waals surface area contributed by atoms with Crippen LogP contribution in [0.15, 0.2) is 0 Å². The minimum atomic E-state index is -0.622. The van der Waals surface area contributed by atoms with Crippen molar-refractivity contribution < 1.29 is 14.4 Å². The summed E-state index contributed by atoms with van der Waals surface area (Å²) in [5.74, 6) is -0.917. The second-order valence-corrected chi connectivity index (χ2v) is 4.17. The molecule has 0 saturated carbocycles. The second-order valence-electron chi connectivity index (χ2n) is 4.17. The van der Waals surface area contributed by atoms with Crippen LogP contribution in [0.25, 0.3) is 0 Å². The molecule has 0 spiro atoms. The highest BCUT2D eigenvalue weighted by atomic mass is 16.7. The van der Waals surface area contributed by atoms with Crippen LogP contribution in [0.2, 0.25) is 0 Å². The van der Waals surface area contributed by atoms with Crippen LogP contribution in [-0.4, -0.2) is 29.9 Å². The molecule has 1 amide bonds. The lowest BCUT2D eigenvalue weighted by Gasteiger charge is -2.19. The maximum atomic E-state index is 11.5. The lowest BCUT2D eigenvalue weighted by atomic mass is 9.90. The highest BCUT2D eigenvalue weighted by Crippen LogP contribution is 2.17. The van der Waals surface area contributed by atoms with Gasteiger partial charge in [0.25, 0.3) is 0 Å². The van der Waals surface area contributed by atoms with E-state index in [1.807, 2.05) is 0 Å². The summed E-state index contributed by atoms with van der Waals surface area (Å²) in [6.45, 7) is 6.24. The fraction of sp³-hybridized carbons (Fsp3) is 0.778. The van der Waals surface area contributed by atoms with Gasteiger partial charge in [0.15, 0.2) is 0 Å². The largest absolute Gasteiger partial charge is 0.314 e. The van der Waals surface area contributed by atoms with Crippen LogP contribution in [0, 0.1) is 5.41 Å². The summed E-state index contributed by atoms with van der Waals surface area (Å²) in [5, 5.41) is 1.16. The van der Waals surface area contributed by atoms with E-state index in [0.29, 0.717) is 13.2 Å². The standard InChI is InChI=1S/C9H15NO3/c1-9(2,3)7(11)8(12)10-5-4-6-13-10/h4-6H2,1-3H3. The van der Waals surface area contributed by atoms with Crippen molar-refractivity contribution in [2.75, 3.05) is 13.2 Å². The number of Topliss-reactive ketones (excluding diaryl/α,β-unsaturated/α-hetero) is 1. The fourth-order valence-electron chi connectivity index (χ4n) is 1.04. The molecular weight excluding hydrogens is 170 g/mol. The minimum Gasteiger partial charge on any atom is -0.288 e. The van der Waals surface area contributed by atoms with Crippen LogP contribution in [-0.2, 0) is 14.4 Å². The number of hydrogen-bond acceptors (Lipinski definition) is 3. The van der Waals surface area contributed by atoms with Crippen molar-refractivity contribution in [2.24, 2.45) is 5.41 Å². The Morgan fingerprint density at radius 2 is 1.92 bits per heavy atom. The molecule has 0 aromatic heterocycles. The van der Waals surface area contributed by atoms with Crippen molar-refractivity contribution in [3.8, 4) is 0 Å². The zero-order chi connectivity index (χ0) is 10.1. The Hall–Kier alpha value is -0.900. The van der Waals surface area contributed by atoms with Gasteiger partial charge in [-0.2, -0.15) is 0 Å². The van der Waals surface area contributed by atoms with E-state index in [4.69, 9.17) is 4.84 Å². The number of amides is 1. The Kier molecular flexibility index (Phi) is 2.71. The van der Waals surface area contributed by atoms with Crippen molar-refractivity contribution in [1.82, 2.24) is 5.06 Å². The zero-order valence-corrected chi connectivity index (χ0v) is 8.29. The maximum Gasteiger partial charge on any atom is 0.314 e. The molecule has 0 bridgehead atoms. The molecule has 1 heterocycles. The highest BCUT2D eigenvalue weighted by molar-refractivity contribution is 6.37. The summed E-state index contributed by atoms with van der Waals surface area (Å²) in [5.41, 5.74) is -0.622. The van der Waals surface area contributed by atoms with E-state index >= 15 is 0 Å². The Morgan fingerprint density at radius 1 is 1.31 bits per heavy atom. The van der Waals surface area contributed by atoms with Gasteiger partial charge < -0.3 is 0 Å². The average Bonchev–Trinajstić information content (AvgIpc) is 2.51. The second kappa shape index (κ2) is 3.46. The van der Waals surface area contributed by atoms with E-state index in [-0.39, 0.29) is 0 Å². The van der Waals surface area contributed by atoms with Crippen LogP contribution in [0.3, 0.4) is 0 Å². The van der Waals surface area contributed by atoms with Crippen molar-refractivity contribution in [3.05, 3.63) is 0 Å². The van der Waals surface area contributed by atoms with Gasteiger partial charge >= 0.3 is 5.91 Å². The van der Waals surface area contributed by atoms with Gasteiger partial charge in [-0.25, -0.2) is 5.06 Å². The number of carbonyl (C=O) groups excluding carboxylic acids is 2. The topological polar surface area (TPSA) is 46.6 Å². The summed E-state index contributed by atoms with van der Waals surface area (Å²) < 4.78 is 0. The van der Waals surface area contributed by atoms with Gasteiger partial charge in [-0.1, -0.05) is 20.8 Å². The van der Waals surface area contributed by atoms with Gasteiger partial charge in [0, 0.05) is 5.41 Å². The predicted molar refractivity (Wildman–Crippen MR) is 46.7 cm³/mol. The molecule has 0 radical (unpaired) electrons. The third-order valence-corrected chi connectivity index (χ3v) is 1.85. The Balaban J connectivity index is 2.62. The third kappa shape index (κ3) is 2.28. The van der Waals surface area contributed by atoms with E-state index in [1.165, 1.54) is 0 Å². The van der Waals surface area contributed by atoms with E-state index in [9.17, 15) is 9.59 Å². The summed E-state index contributed by atoms with van der Waals surface area (Å²) >= 11 is 0. The number of hydrogen-bond donors (Lipinski definition) is 0. The molecule has 74 valence electrons. The number of rotatable bonds is 1. The summed E-state index contributed by atoms with van der Waals surface area (Å²) in [6.07, 6.45) is 0.809. The lowest BCUT2D eigenvalue weighted by Crippen LogP contribution is -2.39. The number of nitrogens with zero attached hydrogens (tertiary/aromatic N) is 1. The van der Waals surface area contributed by atoms with E-state index in [0.717, 1.165) is 11.5 Å². The smallest absolute Gasteiger partial charge is 0.288 e. The van der Waals surface area contributed by atoms with Crippen LogP contribution in [0.1, 0.15) is 27.2 Å². The molecule has 1 saturated heterocycles. The summed E-state index contributed by atoms with van der Waals surface area (Å²) in [7, 11) is 0. The van der Waals surface area contributed by atoms with Gasteiger partial charge in [0.05, 0.1) is 13.2 Å². The van der Waals surface area contributed by atoms with Gasteiger partial charge in [-0.3, -0.25) is 14.4 Å². The van der Waals surface area contributed by atoms with Crippen molar-refractivity contribution in [3.63, 3.8) is 0 Å². The van der Waals surface area contributed by atoms with Crippen LogP contribution in [0.4, 0.5) is 0 Å². The third-order valence-electron chi connectivity index (χ3n) is 1.85. The molecule has 4 heteroatoms. The zero-order valence-electron chi connectivity index (χ0n) is 8.29. The molecule has 0 aromatic rings. The molecule has 1 fully saturated rings. The van der Waals surface area contributed by atoms with Gasteiger partial charge in [0.1, 0.15) is 0 Å². The van der Waals surface area contributed by atoms with Crippen LogP contribution < -0.4 is 0 Å².